The van der Waals surface area contributed by atoms with Crippen molar-refractivity contribution >= 4 is 5.91 Å². The molecule has 5 rings (SSSR count). The second-order valence-corrected chi connectivity index (χ2v) is 6.35. The molecule has 0 spiro atoms. The maximum atomic E-state index is 12.4. The monoisotopic (exact) mass is 314 g/mol. The van der Waals surface area contributed by atoms with Crippen molar-refractivity contribution in [3.63, 3.8) is 0 Å². The van der Waals surface area contributed by atoms with Crippen LogP contribution >= 0.6 is 0 Å². The fourth-order valence-corrected chi connectivity index (χ4v) is 3.71. The average Bonchev–Trinajstić information content (AvgIpc) is 2.95. The van der Waals surface area contributed by atoms with Crippen molar-refractivity contribution < 1.29 is 4.79 Å². The minimum Gasteiger partial charge on any atom is -0.319 e. The second kappa shape index (κ2) is 5.65. The average molecular weight is 314 g/mol. The summed E-state index contributed by atoms with van der Waals surface area (Å²) in [6.45, 7) is 0. The van der Waals surface area contributed by atoms with Crippen LogP contribution in [-0.2, 0) is 4.79 Å². The van der Waals surface area contributed by atoms with Gasteiger partial charge in [-0.2, -0.15) is 0 Å². The van der Waals surface area contributed by atoms with Gasteiger partial charge in [-0.25, -0.2) is 0 Å². The Morgan fingerprint density at radius 3 is 2.67 bits per heavy atom. The molecule has 0 bridgehead atoms. The Morgan fingerprint density at radius 1 is 1.25 bits per heavy atom. The number of nitrogens with zero attached hydrogens (tertiary/aromatic N) is 2. The third-order valence-corrected chi connectivity index (χ3v) is 5.00. The maximum Gasteiger partial charge on any atom is 0.236 e. The number of aromatic nitrogens is 1. The molecular formula is C21H18N2O. The van der Waals surface area contributed by atoms with Crippen LogP contribution in [0.15, 0.2) is 54.4 Å². The molecule has 1 amide bonds. The van der Waals surface area contributed by atoms with Crippen molar-refractivity contribution in [1.29, 1.82) is 0 Å². The first-order chi connectivity index (χ1) is 11.7. The highest BCUT2D eigenvalue weighted by atomic mass is 16.2. The number of fused-ring (bicyclic) bond motifs is 2. The number of terminal acetylenes is 1. The Labute approximate surface area is 142 Å². The number of hydrogen-bond donors (Lipinski definition) is 0. The van der Waals surface area contributed by atoms with Gasteiger partial charge in [0.25, 0.3) is 0 Å². The molecule has 0 aromatic carbocycles. The summed E-state index contributed by atoms with van der Waals surface area (Å²) < 4.78 is 0. The molecule has 0 saturated carbocycles. The number of pyridine rings is 1. The zero-order valence-corrected chi connectivity index (χ0v) is 13.6. The van der Waals surface area contributed by atoms with Crippen LogP contribution in [0.4, 0.5) is 0 Å². The summed E-state index contributed by atoms with van der Waals surface area (Å²) >= 11 is 0. The molecule has 3 heteroatoms. The molecular weight excluding hydrogens is 296 g/mol. The highest BCUT2D eigenvalue weighted by Crippen LogP contribution is 2.46. The van der Waals surface area contributed by atoms with Gasteiger partial charge in [-0.05, 0) is 42.2 Å². The molecule has 4 aliphatic rings. The molecule has 1 aromatic heterocycles. The Balaban J connectivity index is 0.000000201. The molecule has 0 radical (unpaired) electrons. The number of likely N-dealkylation sites (tertiary alicyclic amines) is 1. The van der Waals surface area contributed by atoms with Crippen molar-refractivity contribution in [2.24, 2.45) is 5.92 Å². The van der Waals surface area contributed by atoms with E-state index in [1.54, 1.807) is 11.1 Å². The number of amides is 1. The Bertz CT molecular complexity index is 873. The van der Waals surface area contributed by atoms with E-state index in [1.807, 2.05) is 19.2 Å². The van der Waals surface area contributed by atoms with Crippen molar-refractivity contribution in [3.05, 3.63) is 65.6 Å². The highest BCUT2D eigenvalue weighted by Gasteiger charge is 2.46. The SMILES string of the molecule is C#Cc1cccnc1[C@H]1C(=O)N(C)C2=CCC[C@@H]21.c1cc2cc-2c1. The summed E-state index contributed by atoms with van der Waals surface area (Å²) in [5.41, 5.74) is 5.48. The summed E-state index contributed by atoms with van der Waals surface area (Å²) in [5, 5.41) is 0. The summed E-state index contributed by atoms with van der Waals surface area (Å²) in [7, 11) is 1.84. The van der Waals surface area contributed by atoms with Gasteiger partial charge in [-0.1, -0.05) is 30.2 Å². The van der Waals surface area contributed by atoms with Crippen LogP contribution in [0.3, 0.4) is 0 Å². The van der Waals surface area contributed by atoms with E-state index >= 15 is 0 Å². The van der Waals surface area contributed by atoms with Crippen molar-refractivity contribution in [2.45, 2.75) is 18.8 Å². The van der Waals surface area contributed by atoms with E-state index in [4.69, 9.17) is 6.42 Å². The molecule has 1 aliphatic heterocycles. The van der Waals surface area contributed by atoms with Crippen LogP contribution in [0.2, 0.25) is 0 Å². The number of hydrogen-bond acceptors (Lipinski definition) is 2. The summed E-state index contributed by atoms with van der Waals surface area (Å²) in [6.07, 6.45) is 11.4. The standard InChI is InChI=1S/C15H14N2O.C6H4/c1-3-10-6-5-9-16-14(10)13-11-7-4-8-12(11)17(2)15(13)18;1-2-5-4-6(5)3-1/h1,5-6,8-9,11,13H,4,7H2,2H3;1-4H/t11-,13-;/m0./s1. The Morgan fingerprint density at radius 2 is 2.04 bits per heavy atom. The van der Waals surface area contributed by atoms with Gasteiger partial charge in [-0.3, -0.25) is 9.78 Å². The maximum absolute atomic E-state index is 12.4. The lowest BCUT2D eigenvalue weighted by atomic mass is 9.88. The van der Waals surface area contributed by atoms with Gasteiger partial charge in [-0.15, -0.1) is 6.42 Å². The minimum atomic E-state index is -0.198. The molecule has 118 valence electrons. The molecule has 2 atom stereocenters. The number of allylic oxidation sites excluding steroid dienone is 2. The molecule has 3 nitrogen and oxygen atoms in total. The number of rotatable bonds is 1. The van der Waals surface area contributed by atoms with Gasteiger partial charge in [0, 0.05) is 30.4 Å². The van der Waals surface area contributed by atoms with E-state index in [2.05, 4.69) is 41.2 Å². The zero-order chi connectivity index (χ0) is 16.7. The number of benzene rings is 1. The minimum absolute atomic E-state index is 0.112. The van der Waals surface area contributed by atoms with E-state index in [0.717, 1.165) is 29.8 Å². The molecule has 1 fully saturated rings. The first-order valence-corrected chi connectivity index (χ1v) is 8.20. The largest absolute Gasteiger partial charge is 0.319 e. The molecule has 0 unspecified atom stereocenters. The Hall–Kier alpha value is -2.86. The molecule has 1 aromatic rings. The fourth-order valence-electron chi connectivity index (χ4n) is 3.71. The third-order valence-electron chi connectivity index (χ3n) is 5.00. The molecule has 1 saturated heterocycles. The van der Waals surface area contributed by atoms with Gasteiger partial charge < -0.3 is 4.90 Å². The quantitative estimate of drug-likeness (QED) is 0.643. The summed E-state index contributed by atoms with van der Waals surface area (Å²) in [6, 6.07) is 12.1. The van der Waals surface area contributed by atoms with Crippen LogP contribution in [0, 0.1) is 18.3 Å². The van der Waals surface area contributed by atoms with E-state index in [0.29, 0.717) is 0 Å². The fraction of sp³-hybridized carbons (Fsp3) is 0.238. The van der Waals surface area contributed by atoms with Gasteiger partial charge in [0.2, 0.25) is 5.91 Å². The topological polar surface area (TPSA) is 33.2 Å². The van der Waals surface area contributed by atoms with E-state index in [-0.39, 0.29) is 17.7 Å². The first-order valence-electron chi connectivity index (χ1n) is 8.20. The summed E-state index contributed by atoms with van der Waals surface area (Å²) in [5.74, 6) is 2.80. The number of carbonyl (C=O) groups excluding carboxylic acids is 1. The third kappa shape index (κ3) is 2.32. The molecule has 24 heavy (non-hydrogen) atoms. The first kappa shape index (κ1) is 14.7. The van der Waals surface area contributed by atoms with E-state index in [9.17, 15) is 4.79 Å². The Kier molecular flexibility index (Phi) is 3.46. The van der Waals surface area contributed by atoms with Crippen molar-refractivity contribution in [3.8, 4) is 23.5 Å². The van der Waals surface area contributed by atoms with Crippen molar-refractivity contribution in [1.82, 2.24) is 9.88 Å². The van der Waals surface area contributed by atoms with Crippen LogP contribution in [0.25, 0.3) is 11.1 Å². The van der Waals surface area contributed by atoms with Crippen LogP contribution in [0.5, 0.6) is 0 Å². The van der Waals surface area contributed by atoms with Crippen molar-refractivity contribution in [2.75, 3.05) is 7.05 Å². The van der Waals surface area contributed by atoms with E-state index in [1.165, 1.54) is 11.1 Å². The lowest BCUT2D eigenvalue weighted by Gasteiger charge is -2.14. The number of carbonyl (C=O) groups is 1. The van der Waals surface area contributed by atoms with Gasteiger partial charge in [0.15, 0.2) is 0 Å². The van der Waals surface area contributed by atoms with Gasteiger partial charge in [0.05, 0.1) is 11.6 Å². The highest BCUT2D eigenvalue weighted by molar-refractivity contribution is 5.89. The van der Waals surface area contributed by atoms with Crippen LogP contribution in [0.1, 0.15) is 30.0 Å². The lowest BCUT2D eigenvalue weighted by molar-refractivity contribution is -0.127. The van der Waals surface area contributed by atoms with Gasteiger partial charge >= 0.3 is 0 Å². The molecule has 3 aliphatic carbocycles. The van der Waals surface area contributed by atoms with E-state index < -0.39 is 0 Å². The van der Waals surface area contributed by atoms with Crippen LogP contribution in [-0.4, -0.2) is 22.8 Å². The lowest BCUT2D eigenvalue weighted by Crippen LogP contribution is -2.22. The predicted molar refractivity (Wildman–Crippen MR) is 93.9 cm³/mol. The number of likely N-dealkylation sites (N-methyl/N-ethyl adjacent to an activating group) is 1. The van der Waals surface area contributed by atoms with Gasteiger partial charge in [0.1, 0.15) is 0 Å². The normalized spacial score (nSPS) is 22.2. The smallest absolute Gasteiger partial charge is 0.236 e. The van der Waals surface area contributed by atoms with Crippen LogP contribution < -0.4 is 0 Å². The molecule has 0 N–H and O–H groups in total. The predicted octanol–water partition coefficient (Wildman–Crippen LogP) is 3.58. The zero-order valence-electron chi connectivity index (χ0n) is 13.6. The molecule has 2 heterocycles. The summed E-state index contributed by atoms with van der Waals surface area (Å²) in [4.78, 5) is 18.5. The second-order valence-electron chi connectivity index (χ2n) is 6.35.